The highest BCUT2D eigenvalue weighted by atomic mass is 16.7. The van der Waals surface area contributed by atoms with Crippen LogP contribution in [0.2, 0.25) is 0 Å². The van der Waals surface area contributed by atoms with Gasteiger partial charge in [0.1, 0.15) is 18.3 Å². The Morgan fingerprint density at radius 1 is 1.24 bits per heavy atom. The molecule has 2 aliphatic rings. The summed E-state index contributed by atoms with van der Waals surface area (Å²) >= 11 is 0. The van der Waals surface area contributed by atoms with E-state index in [2.05, 4.69) is 15.4 Å². The molecule has 2 rings (SSSR count). The lowest BCUT2D eigenvalue weighted by molar-refractivity contribution is -0.295. The molecule has 12 heteroatoms. The van der Waals surface area contributed by atoms with Gasteiger partial charge in [-0.2, -0.15) is 0 Å². The van der Waals surface area contributed by atoms with Crippen LogP contribution in [0.15, 0.2) is 12.2 Å². The predicted octanol–water partition coefficient (Wildman–Crippen LogP) is -1.16. The van der Waals surface area contributed by atoms with Crippen LogP contribution in [0.1, 0.15) is 45.4 Å². The molecule has 0 saturated carbocycles. The molecule has 1 heterocycles. The minimum Gasteiger partial charge on any atom is -0.465 e. The molecule has 188 valence electrons. The summed E-state index contributed by atoms with van der Waals surface area (Å²) in [6.07, 6.45) is -0.0472. The van der Waals surface area contributed by atoms with Gasteiger partial charge in [0.25, 0.3) is 5.79 Å². The summed E-state index contributed by atoms with van der Waals surface area (Å²) in [5, 5.41) is 46.6. The zero-order chi connectivity index (χ0) is 24.6. The van der Waals surface area contributed by atoms with Crippen LogP contribution < -0.4 is 10.6 Å². The number of rotatable bonds is 7. The van der Waals surface area contributed by atoms with E-state index in [1.165, 1.54) is 0 Å². The number of nitrogens with one attached hydrogen (secondary N) is 2. The Morgan fingerprint density at radius 3 is 2.64 bits per heavy atom. The lowest BCUT2D eigenvalue weighted by atomic mass is 9.88. The third-order valence-electron chi connectivity index (χ3n) is 5.61. The number of aliphatic hydroxyl groups is 4. The molecule has 7 atom stereocenters. The van der Waals surface area contributed by atoms with Crippen molar-refractivity contribution in [3.63, 3.8) is 0 Å². The van der Waals surface area contributed by atoms with Crippen LogP contribution in [0.3, 0.4) is 0 Å². The van der Waals surface area contributed by atoms with Crippen LogP contribution in [0, 0.1) is 0 Å². The highest BCUT2D eigenvalue weighted by Crippen LogP contribution is 2.31. The van der Waals surface area contributed by atoms with Gasteiger partial charge in [0.2, 0.25) is 5.91 Å². The average Bonchev–Trinajstić information content (AvgIpc) is 2.74. The minimum absolute atomic E-state index is 0.400. The average molecular weight is 475 g/mol. The van der Waals surface area contributed by atoms with Crippen molar-refractivity contribution in [3.05, 3.63) is 12.2 Å². The van der Waals surface area contributed by atoms with Crippen LogP contribution >= 0.6 is 0 Å². The molecule has 0 aromatic carbocycles. The number of methoxy groups -OCH3 is 1. The quantitative estimate of drug-likeness (QED) is 0.194. The number of ether oxygens (including phenoxy) is 3. The molecule has 0 aromatic rings. The second-order valence-corrected chi connectivity index (χ2v) is 8.30. The van der Waals surface area contributed by atoms with Gasteiger partial charge in [-0.05, 0) is 31.8 Å². The van der Waals surface area contributed by atoms with Gasteiger partial charge in [-0.3, -0.25) is 4.79 Å². The largest absolute Gasteiger partial charge is 0.465 e. The fourth-order valence-electron chi connectivity index (χ4n) is 3.90. The third kappa shape index (κ3) is 7.64. The Bertz CT molecular complexity index is 717. The first kappa shape index (κ1) is 27.0. The maximum atomic E-state index is 12.1. The van der Waals surface area contributed by atoms with E-state index in [0.29, 0.717) is 6.42 Å². The van der Waals surface area contributed by atoms with Crippen molar-refractivity contribution in [2.75, 3.05) is 13.7 Å². The first-order chi connectivity index (χ1) is 15.6. The van der Waals surface area contributed by atoms with E-state index in [0.717, 1.165) is 39.7 Å². The molecule has 1 saturated heterocycles. The number of alkyl carbamates (subject to hydrolysis) is 1. The number of hydrogen-bond donors (Lipinski definition) is 6. The van der Waals surface area contributed by atoms with E-state index in [4.69, 9.17) is 9.47 Å². The monoisotopic (exact) mass is 474 g/mol. The van der Waals surface area contributed by atoms with E-state index in [1.807, 2.05) is 12.2 Å². The SMILES string of the molecule is COC(=O)C1(O)C[C@H](O)C(NC(C)=O)[C@H]([C@H](O)[C@H](O)CNC(=O)OC2/C=C/CCCCC2)O1. The van der Waals surface area contributed by atoms with E-state index in [-0.39, 0.29) is 0 Å². The van der Waals surface area contributed by atoms with Crippen molar-refractivity contribution >= 4 is 18.0 Å². The van der Waals surface area contributed by atoms with Gasteiger partial charge in [0, 0.05) is 19.9 Å². The number of carbonyl (C=O) groups is 3. The van der Waals surface area contributed by atoms with Crippen molar-refractivity contribution in [1.29, 1.82) is 0 Å². The molecule has 0 radical (unpaired) electrons. The number of hydrogen-bond acceptors (Lipinski definition) is 10. The first-order valence-electron chi connectivity index (χ1n) is 11.0. The van der Waals surface area contributed by atoms with Crippen molar-refractivity contribution < 1.29 is 49.0 Å². The number of carbonyl (C=O) groups excluding carboxylic acids is 3. The zero-order valence-electron chi connectivity index (χ0n) is 18.8. The van der Waals surface area contributed by atoms with Gasteiger partial charge in [-0.25, -0.2) is 9.59 Å². The standard InChI is InChI=1S/C21H34N2O10/c1-12(24)23-16-14(25)10-21(30,19(28)31-2)33-18(16)17(27)15(26)11-22-20(29)32-13-8-6-4-3-5-7-9-13/h6,8,13-18,25-27,30H,3-5,7,9-11H2,1-2H3,(H,22,29)(H,23,24)/b8-6+/t13?,14-,15+,16?,17+,18+,21?/m0/s1. The zero-order valence-corrected chi connectivity index (χ0v) is 18.8. The van der Waals surface area contributed by atoms with E-state index < -0.39 is 73.3 Å². The minimum atomic E-state index is -2.61. The smallest absolute Gasteiger partial charge is 0.407 e. The van der Waals surface area contributed by atoms with Crippen molar-refractivity contribution in [3.8, 4) is 0 Å². The molecule has 33 heavy (non-hydrogen) atoms. The van der Waals surface area contributed by atoms with Gasteiger partial charge >= 0.3 is 12.1 Å². The highest BCUT2D eigenvalue weighted by molar-refractivity contribution is 5.78. The molecule has 0 spiro atoms. The Hall–Kier alpha value is -2.25. The Balaban J connectivity index is 2.02. The van der Waals surface area contributed by atoms with Gasteiger partial charge in [-0.15, -0.1) is 0 Å². The van der Waals surface area contributed by atoms with Gasteiger partial charge < -0.3 is 45.3 Å². The molecule has 0 aromatic heterocycles. The number of amides is 2. The molecule has 3 unspecified atom stereocenters. The Labute approximate surface area is 191 Å². The summed E-state index contributed by atoms with van der Waals surface area (Å²) in [6.45, 7) is 0.699. The van der Waals surface area contributed by atoms with Crippen LogP contribution in [0.25, 0.3) is 0 Å². The lowest BCUT2D eigenvalue weighted by Gasteiger charge is -2.45. The predicted molar refractivity (Wildman–Crippen MR) is 113 cm³/mol. The fourth-order valence-corrected chi connectivity index (χ4v) is 3.90. The Morgan fingerprint density at radius 2 is 1.97 bits per heavy atom. The van der Waals surface area contributed by atoms with Crippen molar-refractivity contribution in [2.24, 2.45) is 0 Å². The lowest BCUT2D eigenvalue weighted by Crippen LogP contribution is -2.67. The summed E-state index contributed by atoms with van der Waals surface area (Å²) in [7, 11) is 0.997. The molecule has 1 aliphatic carbocycles. The molecule has 1 aliphatic heterocycles. The Kier molecular flexibility index (Phi) is 10.0. The highest BCUT2D eigenvalue weighted by Gasteiger charge is 2.54. The molecule has 2 amide bonds. The van der Waals surface area contributed by atoms with E-state index >= 15 is 0 Å². The summed E-state index contributed by atoms with van der Waals surface area (Å²) in [4.78, 5) is 35.6. The van der Waals surface area contributed by atoms with Crippen LogP contribution in [-0.4, -0.2) is 94.4 Å². The second kappa shape index (κ2) is 12.3. The first-order valence-corrected chi connectivity index (χ1v) is 11.0. The summed E-state index contributed by atoms with van der Waals surface area (Å²) in [6, 6.07) is -1.26. The molecule has 0 bridgehead atoms. The normalized spacial score (nSPS) is 32.9. The second-order valence-electron chi connectivity index (χ2n) is 8.30. The van der Waals surface area contributed by atoms with E-state index in [1.54, 1.807) is 0 Å². The summed E-state index contributed by atoms with van der Waals surface area (Å²) in [5.74, 6) is -4.40. The fraction of sp³-hybridized carbons (Fsp3) is 0.762. The molecule has 6 N–H and O–H groups in total. The van der Waals surface area contributed by atoms with Crippen LogP contribution in [0.4, 0.5) is 4.79 Å². The van der Waals surface area contributed by atoms with Crippen LogP contribution in [-0.2, 0) is 23.8 Å². The van der Waals surface area contributed by atoms with Gasteiger partial charge in [-0.1, -0.05) is 12.5 Å². The van der Waals surface area contributed by atoms with Gasteiger partial charge in [0.05, 0.1) is 25.4 Å². The topological polar surface area (TPSA) is 184 Å². The third-order valence-corrected chi connectivity index (χ3v) is 5.61. The van der Waals surface area contributed by atoms with Crippen molar-refractivity contribution in [2.45, 2.75) is 87.8 Å². The molecular formula is C21H34N2O10. The summed E-state index contributed by atoms with van der Waals surface area (Å²) < 4.78 is 15.1. The maximum Gasteiger partial charge on any atom is 0.407 e. The molecule has 12 nitrogen and oxygen atoms in total. The maximum absolute atomic E-state index is 12.1. The number of aliphatic hydroxyl groups excluding tert-OH is 3. The number of allylic oxidation sites excluding steroid dienone is 1. The number of esters is 1. The van der Waals surface area contributed by atoms with Crippen LogP contribution in [0.5, 0.6) is 0 Å². The van der Waals surface area contributed by atoms with Gasteiger partial charge in [0.15, 0.2) is 0 Å². The van der Waals surface area contributed by atoms with E-state index in [9.17, 15) is 34.8 Å². The molecule has 1 fully saturated rings. The van der Waals surface area contributed by atoms with Crippen molar-refractivity contribution in [1.82, 2.24) is 10.6 Å². The molecular weight excluding hydrogens is 440 g/mol. The summed E-state index contributed by atoms with van der Waals surface area (Å²) in [5.41, 5.74) is 0.